The third kappa shape index (κ3) is 10.7. The van der Waals surface area contributed by atoms with Gasteiger partial charge in [0.05, 0.1) is 34.1 Å². The Kier molecular flexibility index (Phi) is 15.7. The second-order valence-electron chi connectivity index (χ2n) is 17.0. The van der Waals surface area contributed by atoms with Crippen LogP contribution in [0.4, 0.5) is 11.4 Å². The molecule has 1 fully saturated rings. The van der Waals surface area contributed by atoms with E-state index < -0.39 is 38.6 Å². The first-order valence-corrected chi connectivity index (χ1v) is 23.8. The third-order valence-corrected chi connectivity index (χ3v) is 14.6. The highest BCUT2D eigenvalue weighted by Gasteiger charge is 2.65. The summed E-state index contributed by atoms with van der Waals surface area (Å²) >= 11 is 0. The zero-order valence-corrected chi connectivity index (χ0v) is 38.3. The predicted molar refractivity (Wildman–Crippen MR) is 250 cm³/mol. The number of amides is 1. The fourth-order valence-corrected chi connectivity index (χ4v) is 11.1. The molecule has 0 bridgehead atoms. The zero-order valence-electron chi connectivity index (χ0n) is 37.5. The van der Waals surface area contributed by atoms with E-state index in [1.54, 1.807) is 54.6 Å². The van der Waals surface area contributed by atoms with Gasteiger partial charge in [-0.1, -0.05) is 42.3 Å². The predicted octanol–water partition coefficient (Wildman–Crippen LogP) is 8.31. The van der Waals surface area contributed by atoms with Crippen LogP contribution in [0.5, 0.6) is 17.2 Å². The number of likely N-dealkylation sites (N-methyl/N-ethyl adjacent to an activating group) is 1. The van der Waals surface area contributed by atoms with Gasteiger partial charge in [-0.15, -0.1) is 6.58 Å². The molecule has 17 heteroatoms. The summed E-state index contributed by atoms with van der Waals surface area (Å²) in [6.07, 6.45) is 8.36. The summed E-state index contributed by atoms with van der Waals surface area (Å²) in [5, 5.41) is 38.7. The highest BCUT2D eigenvalue weighted by Crippen LogP contribution is 2.62. The molecule has 3 aliphatic rings. The van der Waals surface area contributed by atoms with Gasteiger partial charge < -0.3 is 34.6 Å². The normalized spacial score (nSPS) is 22.4. The monoisotopic (exact) mass is 936 g/mol. The van der Waals surface area contributed by atoms with Crippen molar-refractivity contribution in [3.63, 3.8) is 0 Å². The Balaban J connectivity index is 1.42. The lowest BCUT2D eigenvalue weighted by Crippen LogP contribution is -2.69. The molecule has 7 rings (SSSR count). The second-order valence-corrected chi connectivity index (χ2v) is 19.0. The van der Waals surface area contributed by atoms with Crippen LogP contribution >= 0.6 is 0 Å². The van der Waals surface area contributed by atoms with Crippen LogP contribution in [0.15, 0.2) is 125 Å². The number of allylic oxidation sites excluding steroid dienone is 1. The molecular weight excluding hydrogens is 881 g/mol. The molecule has 354 valence electrons. The van der Waals surface area contributed by atoms with Gasteiger partial charge in [-0.05, 0) is 115 Å². The number of non-ortho nitro benzene ring substituents is 1. The number of rotatable bonds is 22. The largest absolute Gasteiger partial charge is 0.460 e. The number of benzene rings is 4. The van der Waals surface area contributed by atoms with Crippen molar-refractivity contribution >= 4 is 39.3 Å². The van der Waals surface area contributed by atoms with E-state index in [1.807, 2.05) is 6.07 Å². The van der Waals surface area contributed by atoms with E-state index in [0.29, 0.717) is 78.3 Å². The van der Waals surface area contributed by atoms with Gasteiger partial charge >= 0.3 is 0 Å². The molecule has 4 aromatic rings. The van der Waals surface area contributed by atoms with Gasteiger partial charge in [-0.3, -0.25) is 19.7 Å². The Bertz CT molecular complexity index is 2600. The van der Waals surface area contributed by atoms with E-state index in [4.69, 9.17) is 24.2 Å². The van der Waals surface area contributed by atoms with Crippen LogP contribution in [0.1, 0.15) is 79.3 Å². The van der Waals surface area contributed by atoms with Gasteiger partial charge in [-0.25, -0.2) is 8.42 Å². The zero-order chi connectivity index (χ0) is 47.7. The van der Waals surface area contributed by atoms with Crippen LogP contribution < -0.4 is 14.8 Å². The van der Waals surface area contributed by atoms with Crippen molar-refractivity contribution in [1.82, 2.24) is 4.31 Å². The van der Waals surface area contributed by atoms with Crippen LogP contribution in [0.25, 0.3) is 0 Å². The first-order chi connectivity index (χ1) is 32.3. The number of fused-ring (bicyclic) bond motifs is 2. The SMILES string of the molecule is C=CCOC12Oc3ccc(Oc4cccc(C=O)c4)cc3C3C(CCCCO)C(CCCCO)C=C(C(=NOCc4ccc([N+](=O)[O-])cc4)CC1N(C)S(=O)(=O)c1ccc(NC(C)=O)cc1)C32. The number of aldehydes is 1. The van der Waals surface area contributed by atoms with E-state index in [-0.39, 0.29) is 61.2 Å². The minimum Gasteiger partial charge on any atom is -0.460 e. The van der Waals surface area contributed by atoms with Crippen molar-refractivity contribution in [3.05, 3.63) is 142 Å². The number of nitro groups is 1. The van der Waals surface area contributed by atoms with E-state index in [9.17, 15) is 38.3 Å². The van der Waals surface area contributed by atoms with Gasteiger partial charge in [0, 0.05) is 68.5 Å². The second kappa shape index (κ2) is 21.6. The van der Waals surface area contributed by atoms with Gasteiger partial charge in [0.15, 0.2) is 0 Å². The van der Waals surface area contributed by atoms with Gasteiger partial charge in [0.25, 0.3) is 5.69 Å². The number of nitro benzene ring substituents is 1. The van der Waals surface area contributed by atoms with Crippen molar-refractivity contribution in [2.24, 2.45) is 22.9 Å². The molecule has 0 saturated heterocycles. The number of carbonyl (C=O) groups is 2. The molecule has 0 spiro atoms. The summed E-state index contributed by atoms with van der Waals surface area (Å²) in [4.78, 5) is 40.4. The highest BCUT2D eigenvalue weighted by molar-refractivity contribution is 7.89. The number of hydrogen-bond donors (Lipinski definition) is 3. The number of anilines is 1. The standard InChI is InChI=1S/C50H56N4O12S/c1-4-26-63-50-47(53(3)67(61,62)41-21-16-37(17-22-41)51-33(2)58)30-45(52-64-32-34-14-18-38(19-15-34)54(59)60)43-28-36(11-5-7-24-55)42(13-6-8-25-56)48(49(43)50)44-29-40(20-23-46(44)66-50)65-39-12-9-10-35(27-39)31-57/h4,9-10,12,14-23,27-29,31,36,42,47-49,55-56H,1,5-8,11,13,24-26,30,32H2,2-3H3,(H,51,58). The topological polar surface area (TPSA) is 216 Å². The highest BCUT2D eigenvalue weighted by atomic mass is 32.2. The molecule has 1 saturated carbocycles. The molecular formula is C50H56N4O12S. The summed E-state index contributed by atoms with van der Waals surface area (Å²) in [5.41, 5.74) is 3.38. The molecule has 6 unspecified atom stereocenters. The average molecular weight is 937 g/mol. The number of aliphatic hydroxyl groups is 2. The number of carbonyl (C=O) groups excluding carboxylic acids is 2. The maximum absolute atomic E-state index is 14.9. The summed E-state index contributed by atoms with van der Waals surface area (Å²) in [7, 11) is -2.86. The number of nitrogens with one attached hydrogen (secondary N) is 1. The number of unbranched alkanes of at least 4 members (excludes halogenated alkanes) is 2. The van der Waals surface area contributed by atoms with Crippen LogP contribution in [0.3, 0.4) is 0 Å². The average Bonchev–Trinajstić information content (AvgIpc) is 3.32. The first kappa shape index (κ1) is 48.7. The molecule has 67 heavy (non-hydrogen) atoms. The molecule has 1 heterocycles. The van der Waals surface area contributed by atoms with Crippen molar-refractivity contribution in [2.75, 3.05) is 32.2 Å². The van der Waals surface area contributed by atoms with Crippen LogP contribution in [-0.2, 0) is 31.0 Å². The maximum Gasteiger partial charge on any atom is 0.269 e. The van der Waals surface area contributed by atoms with Crippen LogP contribution in [-0.4, -0.2) is 84.5 Å². The number of hydrogen-bond acceptors (Lipinski definition) is 13. The molecule has 0 aromatic heterocycles. The summed E-state index contributed by atoms with van der Waals surface area (Å²) in [6.45, 7) is 5.27. The van der Waals surface area contributed by atoms with Crippen molar-refractivity contribution < 1.29 is 52.2 Å². The van der Waals surface area contributed by atoms with E-state index in [0.717, 1.165) is 17.4 Å². The number of ether oxygens (including phenoxy) is 3. The van der Waals surface area contributed by atoms with Gasteiger partial charge in [0.1, 0.15) is 30.1 Å². The van der Waals surface area contributed by atoms with Gasteiger partial charge in [-0.2, -0.15) is 4.31 Å². The molecule has 1 amide bonds. The molecule has 2 aliphatic carbocycles. The van der Waals surface area contributed by atoms with E-state index in [1.165, 1.54) is 54.7 Å². The fourth-order valence-electron chi connectivity index (χ4n) is 9.70. The Morgan fingerprint density at radius 2 is 1.72 bits per heavy atom. The molecule has 4 aromatic carbocycles. The third-order valence-electron chi connectivity index (χ3n) is 12.7. The number of nitrogens with zero attached hydrogens (tertiary/aromatic N) is 3. The maximum atomic E-state index is 14.9. The Morgan fingerprint density at radius 1 is 1.00 bits per heavy atom. The van der Waals surface area contributed by atoms with Crippen molar-refractivity contribution in [3.8, 4) is 17.2 Å². The van der Waals surface area contributed by atoms with Crippen molar-refractivity contribution in [1.29, 1.82) is 0 Å². The first-order valence-electron chi connectivity index (χ1n) is 22.4. The van der Waals surface area contributed by atoms with Crippen molar-refractivity contribution in [2.45, 2.75) is 81.1 Å². The quantitative estimate of drug-likeness (QED) is 0.0223. The Morgan fingerprint density at radius 3 is 2.39 bits per heavy atom. The molecule has 3 N–H and O–H groups in total. The Hall–Kier alpha value is -6.24. The summed E-state index contributed by atoms with van der Waals surface area (Å²) < 4.78 is 51.6. The van der Waals surface area contributed by atoms with Crippen LogP contribution in [0, 0.1) is 27.9 Å². The Labute approximate surface area is 390 Å². The fraction of sp³-hybridized carbons (Fsp3) is 0.380. The minimum atomic E-state index is -4.33. The molecule has 0 radical (unpaired) electrons. The van der Waals surface area contributed by atoms with E-state index in [2.05, 4.69) is 18.0 Å². The smallest absolute Gasteiger partial charge is 0.269 e. The lowest BCUT2D eigenvalue weighted by molar-refractivity contribution is -0.384. The van der Waals surface area contributed by atoms with Gasteiger partial charge in [0.2, 0.25) is 21.7 Å². The van der Waals surface area contributed by atoms with E-state index >= 15 is 0 Å². The number of sulfonamides is 1. The summed E-state index contributed by atoms with van der Waals surface area (Å²) in [5.74, 6) is -1.98. The lowest BCUT2D eigenvalue weighted by atomic mass is 9.55. The number of oxime groups is 1. The molecule has 16 nitrogen and oxygen atoms in total. The molecule has 6 atom stereocenters. The summed E-state index contributed by atoms with van der Waals surface area (Å²) in [6, 6.07) is 23.0. The molecule has 1 aliphatic heterocycles. The minimum absolute atomic E-state index is 0.000430. The number of aliphatic hydroxyl groups excluding tert-OH is 2. The lowest BCUT2D eigenvalue weighted by Gasteiger charge is -2.59. The van der Waals surface area contributed by atoms with Crippen LogP contribution in [0.2, 0.25) is 0 Å².